The van der Waals surface area contributed by atoms with Crippen molar-refractivity contribution < 1.29 is 14.3 Å². The molecule has 0 aliphatic carbocycles. The van der Waals surface area contributed by atoms with Gasteiger partial charge in [0.1, 0.15) is 6.61 Å². The van der Waals surface area contributed by atoms with Crippen molar-refractivity contribution in [1.29, 1.82) is 0 Å². The molecule has 0 heterocycles. The summed E-state index contributed by atoms with van der Waals surface area (Å²) in [6.07, 6.45) is 0. The van der Waals surface area contributed by atoms with Crippen LogP contribution < -0.4 is 0 Å². The minimum atomic E-state index is -0.497. The number of nitrogens with zero attached hydrogens (tertiary/aromatic N) is 2. The Labute approximate surface area is 139 Å². The Bertz CT molecular complexity index is 373. The fraction of sp³-hybridized carbons (Fsp3) is 0.875. The van der Waals surface area contributed by atoms with Gasteiger partial charge in [-0.25, -0.2) is 0 Å². The third-order valence-electron chi connectivity index (χ3n) is 3.38. The summed E-state index contributed by atoms with van der Waals surface area (Å²) in [5.74, 6) is 0.251. The fourth-order valence-corrected chi connectivity index (χ4v) is 1.97. The number of amides is 1. The summed E-state index contributed by atoms with van der Waals surface area (Å²) in [6, 6.07) is 0. The monoisotopic (exact) mass is 332 g/mol. The first-order chi connectivity index (χ1) is 9.85. The molecular weight excluding hydrogens is 300 g/mol. The zero-order valence-corrected chi connectivity index (χ0v) is 16.2. The first-order valence-corrected chi connectivity index (χ1v) is 8.60. The van der Waals surface area contributed by atoms with Crippen LogP contribution in [0.1, 0.15) is 41.5 Å². The second kappa shape index (κ2) is 8.77. The Morgan fingerprint density at radius 1 is 1.00 bits per heavy atom. The minimum absolute atomic E-state index is 0.00844. The molecule has 0 fully saturated rings. The van der Waals surface area contributed by atoms with Crippen molar-refractivity contribution in [1.82, 2.24) is 9.80 Å². The van der Waals surface area contributed by atoms with E-state index in [9.17, 15) is 9.59 Å². The van der Waals surface area contributed by atoms with Gasteiger partial charge in [0.25, 0.3) is 5.24 Å². The van der Waals surface area contributed by atoms with E-state index in [4.69, 9.17) is 4.74 Å². The summed E-state index contributed by atoms with van der Waals surface area (Å²) in [4.78, 5) is 27.5. The number of carbonyl (C=O) groups excluding carboxylic acids is 2. The molecule has 22 heavy (non-hydrogen) atoms. The van der Waals surface area contributed by atoms with Crippen LogP contribution in [0.25, 0.3) is 0 Å². The van der Waals surface area contributed by atoms with Crippen molar-refractivity contribution >= 4 is 23.0 Å². The first-order valence-electron chi connectivity index (χ1n) is 7.62. The SMILES string of the molecule is CN(CCN(C)C(C)(C)C)C(=O)SCCOC(=O)C(C)(C)C. The van der Waals surface area contributed by atoms with Crippen LogP contribution in [0, 0.1) is 5.41 Å². The maximum atomic E-state index is 12.0. The molecular formula is C16H32N2O3S. The minimum Gasteiger partial charge on any atom is -0.464 e. The lowest BCUT2D eigenvalue weighted by Crippen LogP contribution is -2.42. The predicted molar refractivity (Wildman–Crippen MR) is 93.3 cm³/mol. The molecule has 0 aromatic carbocycles. The van der Waals surface area contributed by atoms with E-state index >= 15 is 0 Å². The number of carbonyl (C=O) groups is 2. The van der Waals surface area contributed by atoms with Gasteiger partial charge in [-0.15, -0.1) is 0 Å². The van der Waals surface area contributed by atoms with Gasteiger partial charge in [-0.2, -0.15) is 0 Å². The molecule has 130 valence electrons. The molecule has 6 heteroatoms. The smallest absolute Gasteiger partial charge is 0.311 e. The van der Waals surface area contributed by atoms with Crippen LogP contribution in [0.5, 0.6) is 0 Å². The molecule has 0 bridgehead atoms. The van der Waals surface area contributed by atoms with E-state index in [0.29, 0.717) is 12.3 Å². The number of hydrogen-bond donors (Lipinski definition) is 0. The number of hydrogen-bond acceptors (Lipinski definition) is 5. The lowest BCUT2D eigenvalue weighted by Gasteiger charge is -2.33. The highest BCUT2D eigenvalue weighted by molar-refractivity contribution is 8.13. The molecule has 5 nitrogen and oxygen atoms in total. The van der Waals surface area contributed by atoms with Gasteiger partial charge in [0.05, 0.1) is 5.41 Å². The van der Waals surface area contributed by atoms with Gasteiger partial charge in [-0.05, 0) is 48.6 Å². The Balaban J connectivity index is 3.96. The summed E-state index contributed by atoms with van der Waals surface area (Å²) < 4.78 is 5.14. The third kappa shape index (κ3) is 8.63. The molecule has 0 unspecified atom stereocenters. The Hall–Kier alpha value is -0.750. The van der Waals surface area contributed by atoms with E-state index in [-0.39, 0.29) is 23.4 Å². The van der Waals surface area contributed by atoms with Gasteiger partial charge >= 0.3 is 5.97 Å². The van der Waals surface area contributed by atoms with Crippen LogP contribution in [0.15, 0.2) is 0 Å². The molecule has 0 rings (SSSR count). The molecule has 0 spiro atoms. The van der Waals surface area contributed by atoms with E-state index in [1.54, 1.807) is 11.9 Å². The maximum absolute atomic E-state index is 12.0. The first kappa shape index (κ1) is 21.2. The molecule has 0 aliphatic rings. The normalized spacial score (nSPS) is 12.4. The van der Waals surface area contributed by atoms with Gasteiger partial charge in [0.15, 0.2) is 0 Å². The summed E-state index contributed by atoms with van der Waals surface area (Å²) >= 11 is 1.19. The van der Waals surface area contributed by atoms with Gasteiger partial charge in [0.2, 0.25) is 0 Å². The van der Waals surface area contributed by atoms with Crippen LogP contribution in [-0.4, -0.2) is 66.1 Å². The molecule has 0 atom stereocenters. The van der Waals surface area contributed by atoms with E-state index in [2.05, 4.69) is 32.7 Å². The van der Waals surface area contributed by atoms with E-state index in [0.717, 1.165) is 6.54 Å². The zero-order valence-electron chi connectivity index (χ0n) is 15.4. The maximum Gasteiger partial charge on any atom is 0.311 e. The Morgan fingerprint density at radius 3 is 2.00 bits per heavy atom. The number of likely N-dealkylation sites (N-methyl/N-ethyl adjacent to an activating group) is 2. The van der Waals surface area contributed by atoms with Gasteiger partial charge in [0, 0.05) is 31.4 Å². The lowest BCUT2D eigenvalue weighted by molar-refractivity contribution is -0.152. The second-order valence-electron chi connectivity index (χ2n) is 7.51. The second-order valence-corrected chi connectivity index (χ2v) is 8.56. The Morgan fingerprint density at radius 2 is 1.55 bits per heavy atom. The van der Waals surface area contributed by atoms with Crippen molar-refractivity contribution in [3.8, 4) is 0 Å². The average molecular weight is 333 g/mol. The van der Waals surface area contributed by atoms with Crippen molar-refractivity contribution in [3.05, 3.63) is 0 Å². The molecule has 0 saturated carbocycles. The van der Waals surface area contributed by atoms with Crippen molar-refractivity contribution in [3.63, 3.8) is 0 Å². The average Bonchev–Trinajstić information content (AvgIpc) is 2.37. The molecule has 0 radical (unpaired) electrons. The van der Waals surface area contributed by atoms with Crippen LogP contribution in [0.3, 0.4) is 0 Å². The molecule has 0 aromatic heterocycles. The summed E-state index contributed by atoms with van der Waals surface area (Å²) in [5.41, 5.74) is -0.402. The van der Waals surface area contributed by atoms with Crippen molar-refractivity contribution in [2.75, 3.05) is 39.5 Å². The standard InChI is InChI=1S/C16H32N2O3S/c1-15(2,3)13(19)21-11-12-22-14(20)17(7)9-10-18(8)16(4,5)6/h9-12H2,1-8H3. The molecule has 0 saturated heterocycles. The van der Waals surface area contributed by atoms with Crippen LogP contribution in [0.4, 0.5) is 4.79 Å². The number of thioether (sulfide) groups is 1. The van der Waals surface area contributed by atoms with Gasteiger partial charge < -0.3 is 9.64 Å². The summed E-state index contributed by atoms with van der Waals surface area (Å²) in [5, 5.41) is 0.00844. The van der Waals surface area contributed by atoms with Gasteiger partial charge in [-0.1, -0.05) is 11.8 Å². The molecule has 0 aromatic rings. The largest absolute Gasteiger partial charge is 0.464 e. The van der Waals surface area contributed by atoms with Crippen LogP contribution in [-0.2, 0) is 9.53 Å². The van der Waals surface area contributed by atoms with Gasteiger partial charge in [-0.3, -0.25) is 14.5 Å². The highest BCUT2D eigenvalue weighted by atomic mass is 32.2. The number of ether oxygens (including phenoxy) is 1. The topological polar surface area (TPSA) is 49.9 Å². The third-order valence-corrected chi connectivity index (χ3v) is 4.31. The van der Waals surface area contributed by atoms with E-state index < -0.39 is 5.41 Å². The van der Waals surface area contributed by atoms with Crippen molar-refractivity contribution in [2.45, 2.75) is 47.1 Å². The zero-order chi connectivity index (χ0) is 17.6. The predicted octanol–water partition coefficient (Wildman–Crippen LogP) is 3.09. The summed E-state index contributed by atoms with van der Waals surface area (Å²) in [7, 11) is 3.85. The summed E-state index contributed by atoms with van der Waals surface area (Å²) in [6.45, 7) is 13.6. The van der Waals surface area contributed by atoms with Crippen LogP contribution >= 0.6 is 11.8 Å². The van der Waals surface area contributed by atoms with E-state index in [1.165, 1.54) is 11.8 Å². The Kier molecular flexibility index (Phi) is 8.47. The highest BCUT2D eigenvalue weighted by Crippen LogP contribution is 2.16. The molecule has 0 aliphatic heterocycles. The molecule has 1 amide bonds. The fourth-order valence-electron chi connectivity index (χ4n) is 1.32. The quantitative estimate of drug-likeness (QED) is 0.552. The number of rotatable bonds is 6. The lowest BCUT2D eigenvalue weighted by atomic mass is 9.97. The van der Waals surface area contributed by atoms with E-state index in [1.807, 2.05) is 20.8 Å². The van der Waals surface area contributed by atoms with Crippen molar-refractivity contribution in [2.24, 2.45) is 5.41 Å². The molecule has 0 N–H and O–H groups in total. The number of esters is 1. The highest BCUT2D eigenvalue weighted by Gasteiger charge is 2.23. The van der Waals surface area contributed by atoms with Crippen LogP contribution in [0.2, 0.25) is 0 Å².